The summed E-state index contributed by atoms with van der Waals surface area (Å²) in [6.07, 6.45) is 0.657. The van der Waals surface area contributed by atoms with Crippen molar-refractivity contribution in [1.29, 1.82) is 0 Å². The lowest BCUT2D eigenvalue weighted by atomic mass is 10.0. The Morgan fingerprint density at radius 2 is 1.51 bits per heavy atom. The van der Waals surface area contributed by atoms with Crippen LogP contribution in [0.5, 0.6) is 0 Å². The van der Waals surface area contributed by atoms with Gasteiger partial charge in [-0.05, 0) is 31.2 Å². The number of amides is 3. The van der Waals surface area contributed by atoms with Crippen LogP contribution in [0.4, 0.5) is 0 Å². The largest absolute Gasteiger partial charge is 0.480 e. The predicted molar refractivity (Wildman–Crippen MR) is 132 cm³/mol. The molecule has 3 amide bonds. The standard InChI is InChI=1S/C23H37N7O5/c1-13(2)18(24)21(33)29-16(10-7-11-27-23(25)26)20(32)28-14(3)19(31)30-17(22(34)35)12-15-8-5-4-6-9-15/h4-6,8-9,13-14,16-18H,7,10-12,24H2,1-3H3,(H,28,32)(H,29,33)(H,30,31)(H,34,35)(H4,25,26,27). The Hall–Kier alpha value is -3.67. The van der Waals surface area contributed by atoms with Gasteiger partial charge in [0.15, 0.2) is 5.96 Å². The number of nitrogens with two attached hydrogens (primary N) is 3. The smallest absolute Gasteiger partial charge is 0.326 e. The van der Waals surface area contributed by atoms with Crippen molar-refractivity contribution in [2.45, 2.75) is 64.2 Å². The highest BCUT2D eigenvalue weighted by atomic mass is 16.4. The molecule has 0 heterocycles. The Labute approximate surface area is 205 Å². The van der Waals surface area contributed by atoms with Gasteiger partial charge in [-0.1, -0.05) is 44.2 Å². The second-order valence-corrected chi connectivity index (χ2v) is 8.60. The Morgan fingerprint density at radius 3 is 2.06 bits per heavy atom. The lowest BCUT2D eigenvalue weighted by molar-refractivity contribution is -0.142. The molecule has 1 aromatic carbocycles. The summed E-state index contributed by atoms with van der Waals surface area (Å²) in [5.74, 6) is -3.24. The number of hydrogen-bond donors (Lipinski definition) is 7. The number of nitrogens with one attached hydrogen (secondary N) is 3. The van der Waals surface area contributed by atoms with Gasteiger partial charge in [0.1, 0.15) is 18.1 Å². The van der Waals surface area contributed by atoms with Gasteiger partial charge in [0.25, 0.3) is 0 Å². The van der Waals surface area contributed by atoms with Gasteiger partial charge < -0.3 is 38.3 Å². The normalized spacial score (nSPS) is 14.2. The Kier molecular flexibility index (Phi) is 12.2. The average molecular weight is 492 g/mol. The number of guanidine groups is 1. The third-order valence-electron chi connectivity index (χ3n) is 5.25. The van der Waals surface area contributed by atoms with E-state index in [2.05, 4.69) is 20.9 Å². The zero-order chi connectivity index (χ0) is 26.5. The monoisotopic (exact) mass is 491 g/mol. The van der Waals surface area contributed by atoms with E-state index in [0.29, 0.717) is 6.42 Å². The molecule has 0 radical (unpaired) electrons. The van der Waals surface area contributed by atoms with Crippen molar-refractivity contribution in [1.82, 2.24) is 16.0 Å². The van der Waals surface area contributed by atoms with E-state index >= 15 is 0 Å². The molecule has 12 heteroatoms. The minimum atomic E-state index is -1.20. The van der Waals surface area contributed by atoms with Crippen LogP contribution in [0.15, 0.2) is 35.3 Å². The van der Waals surface area contributed by atoms with Crippen molar-refractivity contribution in [3.05, 3.63) is 35.9 Å². The highest BCUT2D eigenvalue weighted by molar-refractivity contribution is 5.94. The van der Waals surface area contributed by atoms with Crippen LogP contribution in [0.2, 0.25) is 0 Å². The zero-order valence-corrected chi connectivity index (χ0v) is 20.4. The summed E-state index contributed by atoms with van der Waals surface area (Å²) in [5.41, 5.74) is 17.2. The number of hydrogen-bond acceptors (Lipinski definition) is 6. The number of carboxylic acid groups (broad SMARTS) is 1. The molecule has 0 bridgehead atoms. The highest BCUT2D eigenvalue weighted by Crippen LogP contribution is 2.06. The minimum Gasteiger partial charge on any atom is -0.480 e. The van der Waals surface area contributed by atoms with E-state index in [1.54, 1.807) is 44.2 Å². The number of rotatable bonds is 14. The summed E-state index contributed by atoms with van der Waals surface area (Å²) in [6.45, 7) is 5.22. The number of nitrogens with zero attached hydrogens (tertiary/aromatic N) is 1. The molecule has 0 aromatic heterocycles. The van der Waals surface area contributed by atoms with Crippen LogP contribution < -0.4 is 33.2 Å². The average Bonchev–Trinajstić information content (AvgIpc) is 2.79. The molecular weight excluding hydrogens is 454 g/mol. The summed E-state index contributed by atoms with van der Waals surface area (Å²) in [7, 11) is 0. The van der Waals surface area contributed by atoms with Crippen molar-refractivity contribution in [2.24, 2.45) is 28.1 Å². The third-order valence-corrected chi connectivity index (χ3v) is 5.25. The SMILES string of the molecule is CC(NC(=O)C(CCCN=C(N)N)NC(=O)C(N)C(C)C)C(=O)NC(Cc1ccccc1)C(=O)O. The highest BCUT2D eigenvalue weighted by Gasteiger charge is 2.28. The molecule has 0 aliphatic rings. The van der Waals surface area contributed by atoms with Gasteiger partial charge in [-0.15, -0.1) is 0 Å². The number of benzene rings is 1. The molecule has 12 nitrogen and oxygen atoms in total. The van der Waals surface area contributed by atoms with Gasteiger partial charge in [-0.2, -0.15) is 0 Å². The fourth-order valence-electron chi connectivity index (χ4n) is 3.07. The first-order chi connectivity index (χ1) is 16.4. The van der Waals surface area contributed by atoms with E-state index in [4.69, 9.17) is 17.2 Å². The molecule has 35 heavy (non-hydrogen) atoms. The number of carbonyl (C=O) groups is 4. The first-order valence-electron chi connectivity index (χ1n) is 11.4. The molecule has 0 fully saturated rings. The summed E-state index contributed by atoms with van der Waals surface area (Å²) in [5, 5.41) is 17.1. The summed E-state index contributed by atoms with van der Waals surface area (Å²) < 4.78 is 0. The van der Waals surface area contributed by atoms with Gasteiger partial charge in [0.05, 0.1) is 6.04 Å². The van der Waals surface area contributed by atoms with Crippen LogP contribution in [0.25, 0.3) is 0 Å². The number of aliphatic carboxylic acids is 1. The molecule has 0 saturated heterocycles. The molecule has 194 valence electrons. The van der Waals surface area contributed by atoms with E-state index in [-0.39, 0.29) is 31.3 Å². The van der Waals surface area contributed by atoms with Crippen molar-refractivity contribution < 1.29 is 24.3 Å². The van der Waals surface area contributed by atoms with Crippen LogP contribution in [0.3, 0.4) is 0 Å². The molecule has 0 saturated carbocycles. The van der Waals surface area contributed by atoms with Gasteiger partial charge in [0, 0.05) is 13.0 Å². The van der Waals surface area contributed by atoms with E-state index in [1.807, 2.05) is 0 Å². The molecular formula is C23H37N7O5. The van der Waals surface area contributed by atoms with Crippen molar-refractivity contribution in [3.63, 3.8) is 0 Å². The maximum absolute atomic E-state index is 12.9. The summed E-state index contributed by atoms with van der Waals surface area (Å²) >= 11 is 0. The number of aliphatic imine (C=N–C) groups is 1. The van der Waals surface area contributed by atoms with Gasteiger partial charge >= 0.3 is 5.97 Å². The van der Waals surface area contributed by atoms with Crippen LogP contribution in [0, 0.1) is 5.92 Å². The lowest BCUT2D eigenvalue weighted by Gasteiger charge is -2.24. The third kappa shape index (κ3) is 10.9. The van der Waals surface area contributed by atoms with E-state index in [9.17, 15) is 24.3 Å². The quantitative estimate of drug-likeness (QED) is 0.0953. The Morgan fingerprint density at radius 1 is 0.914 bits per heavy atom. The second kappa shape index (κ2) is 14.6. The van der Waals surface area contributed by atoms with Crippen molar-refractivity contribution >= 4 is 29.7 Å². The topological polar surface area (TPSA) is 215 Å². The van der Waals surface area contributed by atoms with Crippen molar-refractivity contribution in [2.75, 3.05) is 6.54 Å². The summed E-state index contributed by atoms with van der Waals surface area (Å²) in [4.78, 5) is 53.4. The van der Waals surface area contributed by atoms with E-state index in [0.717, 1.165) is 5.56 Å². The maximum Gasteiger partial charge on any atom is 0.326 e. The Balaban J connectivity index is 2.82. The van der Waals surface area contributed by atoms with Gasteiger partial charge in [-0.3, -0.25) is 19.4 Å². The van der Waals surface area contributed by atoms with Crippen LogP contribution in [0.1, 0.15) is 39.2 Å². The zero-order valence-electron chi connectivity index (χ0n) is 20.4. The molecule has 0 aliphatic heterocycles. The molecule has 0 spiro atoms. The predicted octanol–water partition coefficient (Wildman–Crippen LogP) is -1.18. The van der Waals surface area contributed by atoms with E-state index < -0.39 is 47.9 Å². The van der Waals surface area contributed by atoms with Crippen LogP contribution in [-0.4, -0.2) is 65.5 Å². The van der Waals surface area contributed by atoms with Crippen LogP contribution >= 0.6 is 0 Å². The molecule has 10 N–H and O–H groups in total. The fraction of sp³-hybridized carbons (Fsp3) is 0.522. The van der Waals surface area contributed by atoms with Gasteiger partial charge in [-0.25, -0.2) is 4.79 Å². The fourth-order valence-corrected chi connectivity index (χ4v) is 3.07. The lowest BCUT2D eigenvalue weighted by Crippen LogP contribution is -2.57. The van der Waals surface area contributed by atoms with Crippen LogP contribution in [-0.2, 0) is 25.6 Å². The molecule has 4 unspecified atom stereocenters. The van der Waals surface area contributed by atoms with E-state index in [1.165, 1.54) is 6.92 Å². The summed E-state index contributed by atoms with van der Waals surface area (Å²) in [6, 6.07) is 4.80. The van der Waals surface area contributed by atoms with Crippen molar-refractivity contribution in [3.8, 4) is 0 Å². The molecule has 0 aliphatic carbocycles. The number of carboxylic acids is 1. The number of carbonyl (C=O) groups excluding carboxylic acids is 3. The van der Waals surface area contributed by atoms with Gasteiger partial charge in [0.2, 0.25) is 17.7 Å². The molecule has 1 aromatic rings. The minimum absolute atomic E-state index is 0.0825. The first-order valence-corrected chi connectivity index (χ1v) is 11.4. The first kappa shape index (κ1) is 29.4. The Bertz CT molecular complexity index is 888. The molecule has 1 rings (SSSR count). The molecule has 4 atom stereocenters. The maximum atomic E-state index is 12.9. The second-order valence-electron chi connectivity index (χ2n) is 8.60.